The van der Waals surface area contributed by atoms with Gasteiger partial charge in [0.1, 0.15) is 5.75 Å². The quantitative estimate of drug-likeness (QED) is 0.702. The van der Waals surface area contributed by atoms with Crippen LogP contribution in [0, 0.1) is 0 Å². The number of hydrogen-bond acceptors (Lipinski definition) is 4. The highest BCUT2D eigenvalue weighted by atomic mass is 16.5. The zero-order valence-electron chi connectivity index (χ0n) is 15.1. The summed E-state index contributed by atoms with van der Waals surface area (Å²) in [6, 6.07) is 11.7. The number of carbonyl (C=O) groups excluding carboxylic acids is 1. The summed E-state index contributed by atoms with van der Waals surface area (Å²) in [5.74, 6) is 1.11. The first-order valence-electron chi connectivity index (χ1n) is 8.48. The van der Waals surface area contributed by atoms with Crippen LogP contribution in [-0.2, 0) is 16.1 Å². The summed E-state index contributed by atoms with van der Waals surface area (Å²) in [5, 5.41) is 0. The molecule has 0 unspecified atom stereocenters. The second kappa shape index (κ2) is 9.79. The van der Waals surface area contributed by atoms with Gasteiger partial charge in [0.05, 0.1) is 6.61 Å². The molecule has 134 valence electrons. The fraction of sp³-hybridized carbons (Fsp3) is 0.400. The van der Waals surface area contributed by atoms with E-state index in [1.54, 1.807) is 24.4 Å². The van der Waals surface area contributed by atoms with Crippen LogP contribution in [0.5, 0.6) is 5.75 Å². The fourth-order valence-corrected chi connectivity index (χ4v) is 2.39. The predicted octanol–water partition coefficient (Wildman–Crippen LogP) is 3.26. The molecular formula is C20H26N2O3. The number of rotatable bonds is 9. The zero-order chi connectivity index (χ0) is 18.1. The minimum Gasteiger partial charge on any atom is -0.484 e. The minimum absolute atomic E-state index is 0.00975. The first-order chi connectivity index (χ1) is 12.1. The maximum atomic E-state index is 12.5. The highest BCUT2D eigenvalue weighted by Gasteiger charge is 2.15. The molecule has 0 saturated heterocycles. The van der Waals surface area contributed by atoms with E-state index >= 15 is 0 Å². The molecule has 0 bridgehead atoms. The van der Waals surface area contributed by atoms with E-state index in [4.69, 9.17) is 9.47 Å². The van der Waals surface area contributed by atoms with Gasteiger partial charge in [0.2, 0.25) is 0 Å². The lowest BCUT2D eigenvalue weighted by Gasteiger charge is -2.22. The zero-order valence-corrected chi connectivity index (χ0v) is 15.1. The Morgan fingerprint density at radius 2 is 1.80 bits per heavy atom. The Bertz CT molecular complexity index is 642. The molecule has 25 heavy (non-hydrogen) atoms. The lowest BCUT2D eigenvalue weighted by Crippen LogP contribution is -2.36. The maximum Gasteiger partial charge on any atom is 0.260 e. The summed E-state index contributed by atoms with van der Waals surface area (Å²) >= 11 is 0. The molecule has 0 aliphatic carbocycles. The van der Waals surface area contributed by atoms with E-state index in [1.807, 2.05) is 36.4 Å². The molecule has 0 atom stereocenters. The number of nitrogens with zero attached hydrogens (tertiary/aromatic N) is 2. The third-order valence-corrected chi connectivity index (χ3v) is 3.95. The Labute approximate surface area is 149 Å². The minimum atomic E-state index is -0.0678. The summed E-state index contributed by atoms with van der Waals surface area (Å²) in [5.41, 5.74) is 2.28. The van der Waals surface area contributed by atoms with Crippen LogP contribution in [0.25, 0.3) is 0 Å². The summed E-state index contributed by atoms with van der Waals surface area (Å²) in [6.45, 7) is 5.82. The fourth-order valence-electron chi connectivity index (χ4n) is 2.39. The van der Waals surface area contributed by atoms with E-state index in [1.165, 1.54) is 5.56 Å². The average Bonchev–Trinajstić information content (AvgIpc) is 2.64. The Morgan fingerprint density at radius 3 is 2.40 bits per heavy atom. The van der Waals surface area contributed by atoms with Crippen molar-refractivity contribution in [2.75, 3.05) is 26.9 Å². The van der Waals surface area contributed by atoms with Gasteiger partial charge in [-0.25, -0.2) is 0 Å². The molecule has 0 N–H and O–H groups in total. The Morgan fingerprint density at radius 1 is 1.12 bits per heavy atom. The number of hydrogen-bond donors (Lipinski definition) is 0. The average molecular weight is 342 g/mol. The van der Waals surface area contributed by atoms with Crippen molar-refractivity contribution in [3.8, 4) is 5.75 Å². The molecule has 1 aromatic heterocycles. The molecule has 2 aromatic rings. The second-order valence-electron chi connectivity index (χ2n) is 6.18. The highest BCUT2D eigenvalue weighted by Crippen LogP contribution is 2.18. The monoisotopic (exact) mass is 342 g/mol. The third-order valence-electron chi connectivity index (χ3n) is 3.95. The topological polar surface area (TPSA) is 51.7 Å². The van der Waals surface area contributed by atoms with Crippen molar-refractivity contribution in [1.29, 1.82) is 0 Å². The summed E-state index contributed by atoms with van der Waals surface area (Å²) in [7, 11) is 1.63. The van der Waals surface area contributed by atoms with Crippen molar-refractivity contribution in [3.63, 3.8) is 0 Å². The molecule has 1 aromatic carbocycles. The van der Waals surface area contributed by atoms with Crippen LogP contribution in [0.15, 0.2) is 48.8 Å². The van der Waals surface area contributed by atoms with E-state index < -0.39 is 0 Å². The van der Waals surface area contributed by atoms with Gasteiger partial charge in [-0.1, -0.05) is 26.0 Å². The number of carbonyl (C=O) groups is 1. The number of benzene rings is 1. The van der Waals surface area contributed by atoms with Gasteiger partial charge in [0.25, 0.3) is 5.91 Å². The van der Waals surface area contributed by atoms with E-state index in [2.05, 4.69) is 18.8 Å². The van der Waals surface area contributed by atoms with Crippen molar-refractivity contribution in [3.05, 3.63) is 59.9 Å². The molecule has 5 nitrogen and oxygen atoms in total. The predicted molar refractivity (Wildman–Crippen MR) is 97.6 cm³/mol. The first kappa shape index (κ1) is 18.9. The van der Waals surface area contributed by atoms with Crippen molar-refractivity contribution in [2.24, 2.45) is 0 Å². The van der Waals surface area contributed by atoms with Gasteiger partial charge in [-0.05, 0) is 41.3 Å². The van der Waals surface area contributed by atoms with Crippen LogP contribution in [0.3, 0.4) is 0 Å². The van der Waals surface area contributed by atoms with E-state index in [-0.39, 0.29) is 12.5 Å². The van der Waals surface area contributed by atoms with Gasteiger partial charge >= 0.3 is 0 Å². The van der Waals surface area contributed by atoms with Crippen molar-refractivity contribution < 1.29 is 14.3 Å². The van der Waals surface area contributed by atoms with Crippen LogP contribution >= 0.6 is 0 Å². The largest absolute Gasteiger partial charge is 0.484 e. The third kappa shape index (κ3) is 6.19. The highest BCUT2D eigenvalue weighted by molar-refractivity contribution is 5.77. The molecule has 0 aliphatic rings. The van der Waals surface area contributed by atoms with Crippen LogP contribution in [0.1, 0.15) is 30.9 Å². The molecule has 0 radical (unpaired) electrons. The number of ether oxygens (including phenoxy) is 2. The Hall–Kier alpha value is -2.40. The number of aromatic nitrogens is 1. The van der Waals surface area contributed by atoms with Crippen LogP contribution in [0.4, 0.5) is 0 Å². The Balaban J connectivity index is 1.93. The van der Waals surface area contributed by atoms with Crippen molar-refractivity contribution in [2.45, 2.75) is 26.3 Å². The summed E-state index contributed by atoms with van der Waals surface area (Å²) in [4.78, 5) is 18.3. The summed E-state index contributed by atoms with van der Waals surface area (Å²) in [6.07, 6.45) is 3.45. The first-order valence-corrected chi connectivity index (χ1v) is 8.48. The normalized spacial score (nSPS) is 10.7. The van der Waals surface area contributed by atoms with Crippen LogP contribution in [-0.4, -0.2) is 42.7 Å². The van der Waals surface area contributed by atoms with E-state index in [0.29, 0.717) is 31.4 Å². The van der Waals surface area contributed by atoms with Crippen molar-refractivity contribution >= 4 is 5.91 Å². The van der Waals surface area contributed by atoms with Gasteiger partial charge < -0.3 is 14.4 Å². The van der Waals surface area contributed by atoms with E-state index in [9.17, 15) is 4.79 Å². The smallest absolute Gasteiger partial charge is 0.260 e. The van der Waals surface area contributed by atoms with Crippen molar-refractivity contribution in [1.82, 2.24) is 9.88 Å². The van der Waals surface area contributed by atoms with Crippen LogP contribution < -0.4 is 4.74 Å². The lowest BCUT2D eigenvalue weighted by atomic mass is 10.0. The molecule has 0 aliphatic heterocycles. The Kier molecular flexibility index (Phi) is 7.41. The SMILES string of the molecule is COCCN(Cc1ccncc1)C(=O)COc1ccc(C(C)C)cc1. The molecule has 0 saturated carbocycles. The van der Waals surface area contributed by atoms with E-state index in [0.717, 1.165) is 5.56 Å². The summed E-state index contributed by atoms with van der Waals surface area (Å²) < 4.78 is 10.8. The maximum absolute atomic E-state index is 12.5. The number of pyridine rings is 1. The van der Waals surface area contributed by atoms with Gasteiger partial charge in [0, 0.05) is 32.6 Å². The molecular weight excluding hydrogens is 316 g/mol. The van der Waals surface area contributed by atoms with Gasteiger partial charge in [-0.3, -0.25) is 9.78 Å². The standard InChI is InChI=1S/C20H26N2O3/c1-16(2)18-4-6-19(7-5-18)25-15-20(23)22(12-13-24-3)14-17-8-10-21-11-9-17/h4-11,16H,12-15H2,1-3H3. The molecule has 1 heterocycles. The lowest BCUT2D eigenvalue weighted by molar-refractivity contribution is -0.134. The molecule has 2 rings (SSSR count). The molecule has 5 heteroatoms. The molecule has 0 spiro atoms. The molecule has 1 amide bonds. The number of methoxy groups -OCH3 is 1. The second-order valence-corrected chi connectivity index (χ2v) is 6.18. The van der Waals surface area contributed by atoms with Gasteiger partial charge in [-0.2, -0.15) is 0 Å². The number of amides is 1. The molecule has 0 fully saturated rings. The van der Waals surface area contributed by atoms with Gasteiger partial charge in [-0.15, -0.1) is 0 Å². The van der Waals surface area contributed by atoms with Gasteiger partial charge in [0.15, 0.2) is 6.61 Å². The van der Waals surface area contributed by atoms with Crippen LogP contribution in [0.2, 0.25) is 0 Å².